The maximum atomic E-state index is 13.8. The van der Waals surface area contributed by atoms with Gasteiger partial charge in [0, 0.05) is 95.2 Å². The Labute approximate surface area is 374 Å². The molecule has 1 unspecified atom stereocenters. The number of carboxylic acids is 2. The average molecular weight is 889 g/mol. The summed E-state index contributed by atoms with van der Waals surface area (Å²) in [6, 6.07) is 12.3. The number of aliphatic hydroxyl groups excluding tert-OH is 1. The van der Waals surface area contributed by atoms with Gasteiger partial charge in [0.25, 0.3) is 0 Å². The number of pyridine rings is 2. The van der Waals surface area contributed by atoms with E-state index >= 15 is 0 Å². The Morgan fingerprint density at radius 1 is 0.703 bits per heavy atom. The molecular weight excluding hydrogens is 823 g/mol. The van der Waals surface area contributed by atoms with E-state index in [2.05, 4.69) is 34.9 Å². The third-order valence-electron chi connectivity index (χ3n) is 13.5. The lowest BCUT2D eigenvalue weighted by molar-refractivity contribution is -0.142. The van der Waals surface area contributed by atoms with Crippen molar-refractivity contribution in [3.05, 3.63) is 72.6 Å². The number of aliphatic carboxylic acids is 2. The number of piperazine rings is 2. The first-order valence-electron chi connectivity index (χ1n) is 23.3. The van der Waals surface area contributed by atoms with Gasteiger partial charge in [-0.05, 0) is 84.7 Å². The van der Waals surface area contributed by atoms with Gasteiger partial charge in [0.2, 0.25) is 0 Å². The number of aromatic nitrogens is 2. The highest BCUT2D eigenvalue weighted by molar-refractivity contribution is 5.93. The Morgan fingerprint density at radius 3 is 1.66 bits per heavy atom. The summed E-state index contributed by atoms with van der Waals surface area (Å²) < 4.78 is 32.6. The highest BCUT2D eigenvalue weighted by Gasteiger charge is 2.31. The summed E-state index contributed by atoms with van der Waals surface area (Å²) in [6.07, 6.45) is 14.1. The molecule has 16 heteroatoms. The molecule has 5 fully saturated rings. The monoisotopic (exact) mass is 889 g/mol. The summed E-state index contributed by atoms with van der Waals surface area (Å²) in [5.74, 6) is -0.0879. The van der Waals surface area contributed by atoms with Gasteiger partial charge in [-0.2, -0.15) is 0 Å². The molecule has 3 aliphatic heterocycles. The van der Waals surface area contributed by atoms with Crippen LogP contribution < -0.4 is 20.9 Å². The van der Waals surface area contributed by atoms with E-state index in [1.165, 1.54) is 31.0 Å². The molecule has 9 rings (SSSR count). The number of anilines is 2. The predicted molar refractivity (Wildman–Crippen MR) is 245 cm³/mol. The van der Waals surface area contributed by atoms with E-state index < -0.39 is 30.1 Å². The van der Waals surface area contributed by atoms with E-state index in [1.54, 1.807) is 24.5 Å². The fourth-order valence-corrected chi connectivity index (χ4v) is 9.74. The number of hydrogen-bond donors (Lipinski definition) is 5. The van der Waals surface area contributed by atoms with Crippen molar-refractivity contribution in [3.8, 4) is 0 Å². The van der Waals surface area contributed by atoms with Crippen molar-refractivity contribution in [2.24, 2.45) is 17.6 Å². The van der Waals surface area contributed by atoms with Gasteiger partial charge in [-0.1, -0.05) is 50.7 Å². The Kier molecular flexibility index (Phi) is 17.1. The summed E-state index contributed by atoms with van der Waals surface area (Å²) in [5.41, 5.74) is 5.49. The first-order valence-corrected chi connectivity index (χ1v) is 23.3. The largest absolute Gasteiger partial charge is 0.480 e. The number of carboxylic acid groups (broad SMARTS) is 2. The number of epoxide rings is 1. The number of rotatable bonds is 13. The van der Waals surface area contributed by atoms with Crippen molar-refractivity contribution in [1.29, 1.82) is 0 Å². The van der Waals surface area contributed by atoms with Gasteiger partial charge in [-0.15, -0.1) is 0 Å². The number of nitrogens with two attached hydrogens (primary N) is 1. The van der Waals surface area contributed by atoms with Crippen LogP contribution in [0.4, 0.5) is 20.4 Å². The number of carbonyl (C=O) groups is 2. The quantitative estimate of drug-likeness (QED) is 0.108. The van der Waals surface area contributed by atoms with E-state index in [-0.39, 0.29) is 30.0 Å². The number of halogens is 2. The van der Waals surface area contributed by atoms with Crippen molar-refractivity contribution >= 4 is 45.1 Å². The molecule has 14 nitrogen and oxygen atoms in total. The fourth-order valence-electron chi connectivity index (χ4n) is 9.74. The standard InChI is InChI=1S/C24H33FN4O3.C16H18FN3O.C8H15NO2/c25-19-7-6-17-8-9-26-23(21(17)14-19)29-12-10-28(11-13-29)16-20(30)15-27-22(24(31)32)18-4-2-1-3-5-18;17-13-2-1-12-3-4-18-16(15(12)9-13)20-7-5-19(6-8-20)10-14-11-21-14;9-7(8(10)11)6-4-2-1-3-5-6/h6-9,14,18,20,22,27,30H,1-5,10-13,15-16H2,(H,31,32);1-4,9,14H,5-8,10-11H2;6-7H,1-5,9H2,(H,10,11)/t20-,22+;;7-/m1.0/s1. The van der Waals surface area contributed by atoms with Gasteiger partial charge in [0.1, 0.15) is 35.4 Å². The minimum atomic E-state index is -0.850. The van der Waals surface area contributed by atoms with Crippen LogP contribution in [0, 0.1) is 23.5 Å². The number of aliphatic hydroxyl groups is 1. The fraction of sp³-hybridized carbons (Fsp3) is 0.583. The number of nitrogens with one attached hydrogen (secondary N) is 1. The van der Waals surface area contributed by atoms with Crippen LogP contribution in [0.25, 0.3) is 21.5 Å². The molecular formula is C48H66F2N8O6. The van der Waals surface area contributed by atoms with Crippen LogP contribution in [-0.4, -0.2) is 150 Å². The van der Waals surface area contributed by atoms with E-state index in [9.17, 15) is 28.6 Å². The van der Waals surface area contributed by atoms with Crippen molar-refractivity contribution < 1.29 is 38.4 Å². The van der Waals surface area contributed by atoms with Gasteiger partial charge >= 0.3 is 11.9 Å². The maximum absolute atomic E-state index is 13.8. The van der Waals surface area contributed by atoms with Gasteiger partial charge < -0.3 is 40.9 Å². The average Bonchev–Trinajstić information content (AvgIpc) is 4.14. The summed E-state index contributed by atoms with van der Waals surface area (Å²) in [5, 5.41) is 35.5. The summed E-state index contributed by atoms with van der Waals surface area (Å²) in [4.78, 5) is 40.2. The summed E-state index contributed by atoms with van der Waals surface area (Å²) in [7, 11) is 0. The molecule has 2 aromatic carbocycles. The zero-order chi connectivity index (χ0) is 45.0. The molecule has 4 aromatic rings. The zero-order valence-electron chi connectivity index (χ0n) is 36.9. The van der Waals surface area contributed by atoms with Gasteiger partial charge in [0.05, 0.1) is 18.8 Å². The molecule has 2 aromatic heterocycles. The minimum absolute atomic E-state index is 0.148. The molecule has 2 saturated carbocycles. The number of benzene rings is 2. The van der Waals surface area contributed by atoms with E-state index in [0.29, 0.717) is 12.6 Å². The maximum Gasteiger partial charge on any atom is 0.320 e. The van der Waals surface area contributed by atoms with Gasteiger partial charge in [-0.3, -0.25) is 19.4 Å². The molecule has 0 amide bonds. The Balaban J connectivity index is 0.000000163. The third-order valence-corrected chi connectivity index (χ3v) is 13.5. The second-order valence-corrected chi connectivity index (χ2v) is 18.1. The van der Waals surface area contributed by atoms with Gasteiger partial charge in [-0.25, -0.2) is 18.7 Å². The SMILES string of the molecule is Fc1ccc2ccnc(N3CCN(CC4CO4)CC3)c2c1.N[C@H](C(=O)O)C1CCCCC1.O=C(O)[C@@H](NC[C@@H](O)CN1CCN(c2nccc3ccc(F)cc23)CC1)C1CCCCC1. The highest BCUT2D eigenvalue weighted by Crippen LogP contribution is 2.30. The van der Waals surface area contributed by atoms with Crippen LogP contribution in [0.5, 0.6) is 0 Å². The van der Waals surface area contributed by atoms with E-state index in [4.69, 9.17) is 15.6 Å². The van der Waals surface area contributed by atoms with Crippen LogP contribution >= 0.6 is 0 Å². The normalized spacial score (nSPS) is 21.6. The second-order valence-electron chi connectivity index (χ2n) is 18.1. The predicted octanol–water partition coefficient (Wildman–Crippen LogP) is 5.35. The lowest BCUT2D eigenvalue weighted by Crippen LogP contribution is -2.52. The Hall–Kier alpha value is -4.58. The lowest BCUT2D eigenvalue weighted by atomic mass is 9.84. The highest BCUT2D eigenvalue weighted by atomic mass is 19.1. The van der Waals surface area contributed by atoms with E-state index in [0.717, 1.165) is 150 Å². The van der Waals surface area contributed by atoms with Gasteiger partial charge in [0.15, 0.2) is 0 Å². The molecule has 6 N–H and O–H groups in total. The topological polar surface area (TPSA) is 184 Å². The van der Waals surface area contributed by atoms with Crippen LogP contribution in [0.1, 0.15) is 64.2 Å². The molecule has 3 saturated heterocycles. The number of fused-ring (bicyclic) bond motifs is 2. The van der Waals surface area contributed by atoms with Crippen molar-refractivity contribution in [1.82, 2.24) is 25.1 Å². The summed E-state index contributed by atoms with van der Waals surface area (Å²) >= 11 is 0. The number of β-amino-alcohol motifs (C(OH)–C–C–N with tert-alkyl or cyclic N) is 1. The number of hydrogen-bond acceptors (Lipinski definition) is 12. The Morgan fingerprint density at radius 2 is 1.19 bits per heavy atom. The lowest BCUT2D eigenvalue weighted by Gasteiger charge is -2.37. The smallest absolute Gasteiger partial charge is 0.320 e. The summed E-state index contributed by atoms with van der Waals surface area (Å²) in [6.45, 7) is 9.57. The van der Waals surface area contributed by atoms with Crippen molar-refractivity contribution in [3.63, 3.8) is 0 Å². The first-order chi connectivity index (χ1) is 31.0. The molecule has 0 radical (unpaired) electrons. The zero-order valence-corrected chi connectivity index (χ0v) is 36.9. The van der Waals surface area contributed by atoms with Crippen molar-refractivity contribution in [2.75, 3.05) is 88.4 Å². The van der Waals surface area contributed by atoms with Crippen LogP contribution in [0.3, 0.4) is 0 Å². The van der Waals surface area contributed by atoms with Crippen LogP contribution in [-0.2, 0) is 14.3 Å². The van der Waals surface area contributed by atoms with Crippen molar-refractivity contribution in [2.45, 2.75) is 88.5 Å². The molecule has 0 spiro atoms. The molecule has 348 valence electrons. The third kappa shape index (κ3) is 13.3. The molecule has 5 heterocycles. The molecule has 2 aliphatic carbocycles. The van der Waals surface area contributed by atoms with E-state index in [1.807, 2.05) is 18.2 Å². The number of nitrogens with zero attached hydrogens (tertiary/aromatic N) is 6. The molecule has 0 bridgehead atoms. The number of ether oxygens (including phenoxy) is 1. The minimum Gasteiger partial charge on any atom is -0.480 e. The van der Waals surface area contributed by atoms with Crippen LogP contribution in [0.2, 0.25) is 0 Å². The first kappa shape index (κ1) is 47.4. The molecule has 4 atom stereocenters. The molecule has 5 aliphatic rings. The van der Waals surface area contributed by atoms with Crippen LogP contribution in [0.15, 0.2) is 60.9 Å². The molecule has 64 heavy (non-hydrogen) atoms. The second kappa shape index (κ2) is 23.0. The Bertz CT molecular complexity index is 2120.